The van der Waals surface area contributed by atoms with Crippen molar-refractivity contribution >= 4 is 29.2 Å². The second kappa shape index (κ2) is 14.2. The van der Waals surface area contributed by atoms with E-state index in [-0.39, 0.29) is 42.8 Å². The van der Waals surface area contributed by atoms with Gasteiger partial charge in [-0.15, -0.1) is 0 Å². The van der Waals surface area contributed by atoms with E-state index >= 15 is 0 Å². The van der Waals surface area contributed by atoms with Crippen molar-refractivity contribution < 1.29 is 23.5 Å². The number of carbonyl (C=O) groups excluding carboxylic acids is 3. The van der Waals surface area contributed by atoms with Crippen LogP contribution in [0.15, 0.2) is 72.9 Å². The van der Waals surface area contributed by atoms with Crippen molar-refractivity contribution in [3.05, 3.63) is 84.3 Å². The molecule has 3 amide bonds. The van der Waals surface area contributed by atoms with Crippen molar-refractivity contribution in [1.82, 2.24) is 10.3 Å². The van der Waals surface area contributed by atoms with E-state index in [1.54, 1.807) is 61.8 Å². The summed E-state index contributed by atoms with van der Waals surface area (Å²) < 4.78 is 19.7. The Morgan fingerprint density at radius 2 is 1.77 bits per heavy atom. The molecule has 1 aromatic heterocycles. The molecule has 9 heteroatoms. The molecule has 1 saturated carbocycles. The van der Waals surface area contributed by atoms with Crippen LogP contribution >= 0.6 is 0 Å². The van der Waals surface area contributed by atoms with Crippen LogP contribution in [-0.2, 0) is 14.4 Å². The largest absolute Gasteiger partial charge is 0.497 e. The van der Waals surface area contributed by atoms with E-state index in [4.69, 9.17) is 4.74 Å². The van der Waals surface area contributed by atoms with Crippen LogP contribution in [-0.4, -0.2) is 35.9 Å². The van der Waals surface area contributed by atoms with Crippen LogP contribution in [0.1, 0.15) is 63.0 Å². The number of aromatic nitrogens is 1. The number of carbonyl (C=O) groups is 3. The third kappa shape index (κ3) is 7.88. The Morgan fingerprint density at radius 1 is 1.00 bits per heavy atom. The van der Waals surface area contributed by atoms with Gasteiger partial charge in [0.1, 0.15) is 23.4 Å². The number of amides is 3. The van der Waals surface area contributed by atoms with Gasteiger partial charge < -0.3 is 15.4 Å². The van der Waals surface area contributed by atoms with Gasteiger partial charge in [0.2, 0.25) is 17.7 Å². The molecule has 0 saturated heterocycles. The molecule has 40 heavy (non-hydrogen) atoms. The van der Waals surface area contributed by atoms with E-state index in [1.165, 1.54) is 23.1 Å². The molecule has 2 aromatic carbocycles. The molecular weight excluding hydrogens is 511 g/mol. The number of pyridine rings is 1. The zero-order valence-electron chi connectivity index (χ0n) is 22.6. The van der Waals surface area contributed by atoms with Crippen molar-refractivity contribution in [3.8, 4) is 5.75 Å². The number of benzene rings is 2. The Bertz CT molecular complexity index is 1280. The first kappa shape index (κ1) is 28.7. The number of hydrogen-bond donors (Lipinski definition) is 2. The molecule has 0 radical (unpaired) electrons. The van der Waals surface area contributed by atoms with E-state index in [1.807, 2.05) is 0 Å². The molecule has 1 fully saturated rings. The van der Waals surface area contributed by atoms with Crippen LogP contribution in [0, 0.1) is 5.82 Å². The Hall–Kier alpha value is -4.27. The Balaban J connectivity index is 1.58. The lowest BCUT2D eigenvalue weighted by Crippen LogP contribution is -2.47. The van der Waals surface area contributed by atoms with Gasteiger partial charge in [-0.05, 0) is 67.3 Å². The summed E-state index contributed by atoms with van der Waals surface area (Å²) in [6, 6.07) is 16.8. The maximum Gasteiger partial charge on any atom is 0.248 e. The molecule has 0 bridgehead atoms. The van der Waals surface area contributed by atoms with Crippen LogP contribution in [0.4, 0.5) is 15.9 Å². The summed E-state index contributed by atoms with van der Waals surface area (Å²) >= 11 is 0. The van der Waals surface area contributed by atoms with Crippen molar-refractivity contribution in [2.45, 2.75) is 63.5 Å². The number of halogens is 1. The highest BCUT2D eigenvalue weighted by Crippen LogP contribution is 2.31. The van der Waals surface area contributed by atoms with E-state index in [0.717, 1.165) is 32.1 Å². The molecule has 1 heterocycles. The average Bonchev–Trinajstić information content (AvgIpc) is 2.97. The second-order valence-corrected chi connectivity index (χ2v) is 9.88. The van der Waals surface area contributed by atoms with Crippen LogP contribution in [0.5, 0.6) is 5.75 Å². The normalized spacial score (nSPS) is 14.2. The Labute approximate surface area is 233 Å². The van der Waals surface area contributed by atoms with Gasteiger partial charge in [0.15, 0.2) is 0 Å². The Morgan fingerprint density at radius 3 is 2.45 bits per heavy atom. The monoisotopic (exact) mass is 546 g/mol. The minimum atomic E-state index is -1.04. The van der Waals surface area contributed by atoms with Gasteiger partial charge in [-0.2, -0.15) is 0 Å². The summed E-state index contributed by atoms with van der Waals surface area (Å²) in [6.07, 6.45) is 6.83. The number of anilines is 2. The predicted octanol–water partition coefficient (Wildman–Crippen LogP) is 5.56. The van der Waals surface area contributed by atoms with Crippen LogP contribution in [0.3, 0.4) is 0 Å². The smallest absolute Gasteiger partial charge is 0.248 e. The summed E-state index contributed by atoms with van der Waals surface area (Å²) in [5.74, 6) is -0.480. The first-order valence-electron chi connectivity index (χ1n) is 13.7. The van der Waals surface area contributed by atoms with Gasteiger partial charge in [-0.3, -0.25) is 19.3 Å². The van der Waals surface area contributed by atoms with Gasteiger partial charge in [0.05, 0.1) is 7.11 Å². The summed E-state index contributed by atoms with van der Waals surface area (Å²) in [6.45, 7) is 0. The second-order valence-electron chi connectivity index (χ2n) is 9.88. The Kier molecular flexibility index (Phi) is 10.2. The first-order chi connectivity index (χ1) is 19.4. The highest BCUT2D eigenvalue weighted by atomic mass is 19.1. The molecule has 1 atom stereocenters. The number of rotatable bonds is 11. The fourth-order valence-electron chi connectivity index (χ4n) is 4.96. The molecule has 2 N–H and O–H groups in total. The van der Waals surface area contributed by atoms with Crippen LogP contribution < -0.4 is 20.3 Å². The molecule has 1 aliphatic rings. The fourth-order valence-corrected chi connectivity index (χ4v) is 4.96. The quantitative estimate of drug-likeness (QED) is 0.328. The van der Waals surface area contributed by atoms with Crippen molar-refractivity contribution in [2.75, 3.05) is 17.3 Å². The van der Waals surface area contributed by atoms with E-state index in [0.29, 0.717) is 17.1 Å². The molecule has 1 aliphatic carbocycles. The summed E-state index contributed by atoms with van der Waals surface area (Å²) in [4.78, 5) is 45.5. The van der Waals surface area contributed by atoms with Gasteiger partial charge in [-0.25, -0.2) is 9.37 Å². The summed E-state index contributed by atoms with van der Waals surface area (Å²) in [5, 5.41) is 5.85. The SMILES string of the molecule is COc1ccc([C@@H](C(=O)NC2CCCCC2)N(C(=O)CCCC(=O)Nc2ccccn2)c2cccc(F)c2)cc1. The zero-order chi connectivity index (χ0) is 28.3. The molecule has 210 valence electrons. The summed E-state index contributed by atoms with van der Waals surface area (Å²) in [5.41, 5.74) is 0.835. The summed E-state index contributed by atoms with van der Waals surface area (Å²) in [7, 11) is 1.55. The van der Waals surface area contributed by atoms with Gasteiger partial charge >= 0.3 is 0 Å². The van der Waals surface area contributed by atoms with Crippen LogP contribution in [0.2, 0.25) is 0 Å². The number of hydrogen-bond acceptors (Lipinski definition) is 5. The van der Waals surface area contributed by atoms with E-state index in [2.05, 4.69) is 15.6 Å². The maximum atomic E-state index is 14.4. The standard InChI is InChI=1S/C31H35FN4O4/c1-40-26-18-16-22(17-19-26)30(31(39)34-24-10-3-2-4-11-24)36(25-12-7-9-23(32)21-25)29(38)15-8-14-28(37)35-27-13-5-6-20-33-27/h5-7,9,12-13,16-21,24,30H,2-4,8,10-11,14-15H2,1H3,(H,34,39)(H,33,35,37)/t30-/m0/s1. The van der Waals surface area contributed by atoms with E-state index in [9.17, 15) is 18.8 Å². The van der Waals surface area contributed by atoms with Gasteiger partial charge in [0, 0.05) is 30.8 Å². The number of nitrogens with zero attached hydrogens (tertiary/aromatic N) is 2. The third-order valence-corrected chi connectivity index (χ3v) is 6.97. The molecule has 4 rings (SSSR count). The highest BCUT2D eigenvalue weighted by Gasteiger charge is 2.34. The van der Waals surface area contributed by atoms with Crippen molar-refractivity contribution in [3.63, 3.8) is 0 Å². The lowest BCUT2D eigenvalue weighted by atomic mass is 9.94. The highest BCUT2D eigenvalue weighted by molar-refractivity contribution is 6.01. The van der Waals surface area contributed by atoms with Crippen molar-refractivity contribution in [2.24, 2.45) is 0 Å². The third-order valence-electron chi connectivity index (χ3n) is 6.97. The molecule has 3 aromatic rings. The zero-order valence-corrected chi connectivity index (χ0v) is 22.6. The lowest BCUT2D eigenvalue weighted by Gasteiger charge is -2.33. The topological polar surface area (TPSA) is 101 Å². The minimum Gasteiger partial charge on any atom is -0.497 e. The minimum absolute atomic E-state index is 0.0155. The van der Waals surface area contributed by atoms with E-state index < -0.39 is 17.8 Å². The number of ether oxygens (including phenoxy) is 1. The molecule has 0 unspecified atom stereocenters. The molecule has 0 spiro atoms. The average molecular weight is 547 g/mol. The molecular formula is C31H35FN4O4. The fraction of sp³-hybridized carbons (Fsp3) is 0.355. The van der Waals surface area contributed by atoms with Gasteiger partial charge in [0.25, 0.3) is 0 Å². The first-order valence-corrected chi connectivity index (χ1v) is 13.7. The number of methoxy groups -OCH3 is 1. The molecule has 0 aliphatic heterocycles. The van der Waals surface area contributed by atoms with Gasteiger partial charge in [-0.1, -0.05) is 43.5 Å². The number of nitrogens with one attached hydrogen (secondary N) is 2. The lowest BCUT2D eigenvalue weighted by molar-refractivity contribution is -0.127. The predicted molar refractivity (Wildman–Crippen MR) is 151 cm³/mol. The van der Waals surface area contributed by atoms with Crippen LogP contribution in [0.25, 0.3) is 0 Å². The maximum absolute atomic E-state index is 14.4. The molecule has 8 nitrogen and oxygen atoms in total. The van der Waals surface area contributed by atoms with Crippen molar-refractivity contribution in [1.29, 1.82) is 0 Å².